The van der Waals surface area contributed by atoms with Crippen LogP contribution in [0.1, 0.15) is 49.5 Å². The van der Waals surface area contributed by atoms with Crippen LogP contribution in [0.25, 0.3) is 45.3 Å². The SMILES string of the molecule is CCCc1nc(-c2cccc(-c3ccccc3)c2)nn1-c1ccccc1C.CCCc1nc(-c2cccc(Br)c2)nn1-c1ccccc1C.OB(O)c1ccccc1. The smallest absolute Gasteiger partial charge is 0.423 e. The number of hydrogen-bond acceptors (Lipinski definition) is 6. The molecule has 0 atom stereocenters. The molecule has 6 aromatic carbocycles. The lowest BCUT2D eigenvalue weighted by molar-refractivity contribution is 0.426. The van der Waals surface area contributed by atoms with Crippen molar-refractivity contribution in [3.63, 3.8) is 0 Å². The van der Waals surface area contributed by atoms with Gasteiger partial charge in [0.1, 0.15) is 11.6 Å². The average Bonchev–Trinajstić information content (AvgIpc) is 3.87. The molecule has 0 aliphatic rings. The third-order valence-electron chi connectivity index (χ3n) is 9.39. The molecule has 0 saturated carbocycles. The Kier molecular flexibility index (Phi) is 14.7. The first-order valence-electron chi connectivity index (χ1n) is 19.6. The van der Waals surface area contributed by atoms with Crippen molar-refractivity contribution in [2.24, 2.45) is 0 Å². The Morgan fingerprint density at radius 3 is 1.40 bits per heavy atom. The largest absolute Gasteiger partial charge is 0.488 e. The lowest BCUT2D eigenvalue weighted by atomic mass is 9.81. The maximum absolute atomic E-state index is 8.58. The van der Waals surface area contributed by atoms with Gasteiger partial charge in [-0.3, -0.25) is 0 Å². The minimum atomic E-state index is -1.34. The van der Waals surface area contributed by atoms with Gasteiger partial charge in [0.25, 0.3) is 0 Å². The van der Waals surface area contributed by atoms with Gasteiger partial charge in [0.15, 0.2) is 11.6 Å². The van der Waals surface area contributed by atoms with Gasteiger partial charge in [-0.2, -0.15) is 0 Å². The Morgan fingerprint density at radius 1 is 0.500 bits per heavy atom. The molecule has 2 N–H and O–H groups in total. The predicted octanol–water partition coefficient (Wildman–Crippen LogP) is 10.2. The first kappa shape index (κ1) is 41.7. The van der Waals surface area contributed by atoms with E-state index in [9.17, 15) is 0 Å². The van der Waals surface area contributed by atoms with E-state index >= 15 is 0 Å². The lowest BCUT2D eigenvalue weighted by Gasteiger charge is -2.07. The number of nitrogens with zero attached hydrogens (tertiary/aromatic N) is 6. The minimum absolute atomic E-state index is 0.525. The molecule has 0 amide bonds. The van der Waals surface area contributed by atoms with Crippen LogP contribution in [0.5, 0.6) is 0 Å². The van der Waals surface area contributed by atoms with Gasteiger partial charge in [-0.1, -0.05) is 157 Å². The average molecular weight is 832 g/mol. The molecular formula is C48H48BBrN6O2. The summed E-state index contributed by atoms with van der Waals surface area (Å²) in [5.74, 6) is 3.56. The first-order valence-corrected chi connectivity index (χ1v) is 20.4. The molecule has 8 rings (SSSR count). The summed E-state index contributed by atoms with van der Waals surface area (Å²) in [6, 6.07) is 52.2. The van der Waals surface area contributed by atoms with E-state index in [0.29, 0.717) is 5.46 Å². The van der Waals surface area contributed by atoms with Crippen LogP contribution >= 0.6 is 15.9 Å². The molecular weight excluding hydrogens is 783 g/mol. The van der Waals surface area contributed by atoms with E-state index in [4.69, 9.17) is 30.2 Å². The summed E-state index contributed by atoms with van der Waals surface area (Å²) in [6.45, 7) is 8.55. The highest BCUT2D eigenvalue weighted by Crippen LogP contribution is 2.27. The third kappa shape index (κ3) is 10.7. The zero-order valence-electron chi connectivity index (χ0n) is 33.4. The Labute approximate surface area is 350 Å². The Morgan fingerprint density at radius 2 is 0.931 bits per heavy atom. The predicted molar refractivity (Wildman–Crippen MR) is 240 cm³/mol. The normalized spacial score (nSPS) is 10.6. The monoisotopic (exact) mass is 830 g/mol. The summed E-state index contributed by atoms with van der Waals surface area (Å²) in [5.41, 5.74) is 9.56. The van der Waals surface area contributed by atoms with E-state index in [-0.39, 0.29) is 0 Å². The van der Waals surface area contributed by atoms with Crippen molar-refractivity contribution in [1.29, 1.82) is 0 Å². The van der Waals surface area contributed by atoms with Gasteiger partial charge in [0.2, 0.25) is 0 Å². The van der Waals surface area contributed by atoms with E-state index in [0.717, 1.165) is 76.0 Å². The summed E-state index contributed by atoms with van der Waals surface area (Å²) >= 11 is 3.51. The highest BCUT2D eigenvalue weighted by atomic mass is 79.9. The second-order valence-corrected chi connectivity index (χ2v) is 14.8. The fourth-order valence-corrected chi connectivity index (χ4v) is 6.81. The third-order valence-corrected chi connectivity index (χ3v) is 9.88. The number of benzene rings is 6. The summed E-state index contributed by atoms with van der Waals surface area (Å²) in [5, 5.41) is 26.8. The van der Waals surface area contributed by atoms with Gasteiger partial charge in [-0.05, 0) is 84.7 Å². The number of para-hydroxylation sites is 2. The quantitative estimate of drug-likeness (QED) is 0.133. The van der Waals surface area contributed by atoms with Crippen molar-refractivity contribution in [2.45, 2.75) is 53.4 Å². The molecule has 0 fully saturated rings. The first-order chi connectivity index (χ1) is 28.2. The van der Waals surface area contributed by atoms with E-state index in [2.05, 4.69) is 129 Å². The van der Waals surface area contributed by atoms with Gasteiger partial charge in [-0.25, -0.2) is 19.3 Å². The molecule has 292 valence electrons. The van der Waals surface area contributed by atoms with Gasteiger partial charge < -0.3 is 10.0 Å². The maximum atomic E-state index is 8.58. The topological polar surface area (TPSA) is 102 Å². The Balaban J connectivity index is 0.000000164. The standard InChI is InChI=1S/C24H23N3.C18H18BrN3.C6H7BO2/c1-3-10-23-25-24(26-27(23)22-16-8-7-11-18(22)2)21-15-9-14-20(17-21)19-12-5-4-6-13-19;1-3-7-17-20-18(14-9-6-10-15(19)12-14)21-22(17)16-11-5-4-8-13(16)2;8-7(9)6-4-2-1-3-5-6/h4-9,11-17H,3,10H2,1-2H3;4-6,8-12H,3,7H2,1-2H3;1-5,8-9H. The fourth-order valence-electron chi connectivity index (χ4n) is 6.41. The van der Waals surface area contributed by atoms with E-state index in [1.54, 1.807) is 24.3 Å². The number of hydrogen-bond donors (Lipinski definition) is 2. The van der Waals surface area contributed by atoms with Gasteiger partial charge in [-0.15, -0.1) is 10.2 Å². The molecule has 2 heterocycles. The zero-order valence-corrected chi connectivity index (χ0v) is 35.0. The van der Waals surface area contributed by atoms with Crippen LogP contribution in [-0.2, 0) is 12.8 Å². The Hall–Kier alpha value is -5.94. The second kappa shape index (κ2) is 20.5. The van der Waals surface area contributed by atoms with Crippen molar-refractivity contribution in [3.8, 4) is 45.3 Å². The van der Waals surface area contributed by atoms with Crippen LogP contribution in [-0.4, -0.2) is 46.7 Å². The fraction of sp³-hybridized carbons (Fsp3) is 0.167. The van der Waals surface area contributed by atoms with Gasteiger partial charge in [0, 0.05) is 28.4 Å². The van der Waals surface area contributed by atoms with E-state index in [1.807, 2.05) is 57.9 Å². The van der Waals surface area contributed by atoms with Crippen molar-refractivity contribution < 1.29 is 10.0 Å². The van der Waals surface area contributed by atoms with Crippen LogP contribution in [0, 0.1) is 13.8 Å². The molecule has 0 unspecified atom stereocenters. The molecule has 0 saturated heterocycles. The zero-order chi connectivity index (χ0) is 40.9. The van der Waals surface area contributed by atoms with E-state index < -0.39 is 7.12 Å². The van der Waals surface area contributed by atoms with Crippen LogP contribution in [0.3, 0.4) is 0 Å². The van der Waals surface area contributed by atoms with Gasteiger partial charge >= 0.3 is 7.12 Å². The summed E-state index contributed by atoms with van der Waals surface area (Å²) < 4.78 is 5.02. The minimum Gasteiger partial charge on any atom is -0.423 e. The molecule has 0 aliphatic heterocycles. The molecule has 0 bridgehead atoms. The summed E-state index contributed by atoms with van der Waals surface area (Å²) in [4.78, 5) is 9.63. The highest BCUT2D eigenvalue weighted by Gasteiger charge is 2.16. The Bertz CT molecular complexity index is 2520. The molecule has 0 radical (unpaired) electrons. The van der Waals surface area contributed by atoms with E-state index in [1.165, 1.54) is 22.3 Å². The molecule has 58 heavy (non-hydrogen) atoms. The summed E-state index contributed by atoms with van der Waals surface area (Å²) in [7, 11) is -1.34. The van der Waals surface area contributed by atoms with Crippen LogP contribution in [0.4, 0.5) is 0 Å². The number of aryl methyl sites for hydroxylation is 4. The van der Waals surface area contributed by atoms with Gasteiger partial charge in [0.05, 0.1) is 11.4 Å². The van der Waals surface area contributed by atoms with Crippen molar-refractivity contribution in [2.75, 3.05) is 0 Å². The van der Waals surface area contributed by atoms with Crippen molar-refractivity contribution in [3.05, 3.63) is 185 Å². The molecule has 0 aliphatic carbocycles. The second-order valence-electron chi connectivity index (χ2n) is 13.8. The number of rotatable bonds is 10. The number of aromatic nitrogens is 6. The van der Waals surface area contributed by atoms with Crippen LogP contribution in [0.15, 0.2) is 162 Å². The molecule has 0 spiro atoms. The molecule has 8 aromatic rings. The van der Waals surface area contributed by atoms with Crippen LogP contribution in [0.2, 0.25) is 0 Å². The maximum Gasteiger partial charge on any atom is 0.488 e. The highest BCUT2D eigenvalue weighted by molar-refractivity contribution is 9.10. The van der Waals surface area contributed by atoms with Crippen LogP contribution < -0.4 is 5.46 Å². The molecule has 10 heteroatoms. The molecule has 8 nitrogen and oxygen atoms in total. The van der Waals surface area contributed by atoms with Crippen molar-refractivity contribution >= 4 is 28.5 Å². The lowest BCUT2D eigenvalue weighted by Crippen LogP contribution is -2.29. The van der Waals surface area contributed by atoms with Crippen molar-refractivity contribution in [1.82, 2.24) is 29.5 Å². The summed E-state index contributed by atoms with van der Waals surface area (Å²) in [6.07, 6.45) is 3.89. The molecule has 2 aromatic heterocycles. The number of halogens is 1.